The maximum atomic E-state index is 5.72. The summed E-state index contributed by atoms with van der Waals surface area (Å²) in [4.78, 5) is 0. The van der Waals surface area contributed by atoms with Gasteiger partial charge in [-0.05, 0) is 6.42 Å². The van der Waals surface area contributed by atoms with Gasteiger partial charge in [0.15, 0.2) is 0 Å². The van der Waals surface area contributed by atoms with Crippen molar-refractivity contribution in [3.05, 3.63) is 30.9 Å². The van der Waals surface area contributed by atoms with Crippen molar-refractivity contribution < 1.29 is 14.2 Å². The lowest BCUT2D eigenvalue weighted by Crippen LogP contribution is -2.11. The van der Waals surface area contributed by atoms with Gasteiger partial charge in [0.1, 0.15) is 23.4 Å². The number of ether oxygens (including phenoxy) is 3. The van der Waals surface area contributed by atoms with Crippen LogP contribution in [0.15, 0.2) is 30.9 Å². The first-order valence-corrected chi connectivity index (χ1v) is 5.25. The summed E-state index contributed by atoms with van der Waals surface area (Å²) in [5.41, 5.74) is 0. The van der Waals surface area contributed by atoms with Crippen molar-refractivity contribution in [2.75, 3.05) is 14.2 Å². The summed E-state index contributed by atoms with van der Waals surface area (Å²) in [5, 5.41) is 0. The number of hydrogen-bond donors (Lipinski definition) is 0. The van der Waals surface area contributed by atoms with E-state index in [1.165, 1.54) is 0 Å². The summed E-state index contributed by atoms with van der Waals surface area (Å²) < 4.78 is 16.0. The van der Waals surface area contributed by atoms with Crippen LogP contribution in [0, 0.1) is 0 Å². The van der Waals surface area contributed by atoms with Crippen LogP contribution in [0.2, 0.25) is 0 Å². The van der Waals surface area contributed by atoms with Crippen molar-refractivity contribution >= 4 is 0 Å². The van der Waals surface area contributed by atoms with Gasteiger partial charge in [-0.25, -0.2) is 0 Å². The SMILES string of the molecule is C=CC(CC)Oc1cc(OC)cc(OC)c1. The molecule has 0 aliphatic carbocycles. The molecule has 1 atom stereocenters. The molecule has 0 spiro atoms. The second-order valence-corrected chi connectivity index (χ2v) is 3.35. The number of methoxy groups -OCH3 is 2. The van der Waals surface area contributed by atoms with E-state index in [0.717, 1.165) is 12.2 Å². The lowest BCUT2D eigenvalue weighted by molar-refractivity contribution is 0.243. The molecule has 0 aliphatic rings. The van der Waals surface area contributed by atoms with Crippen LogP contribution in [0.1, 0.15) is 13.3 Å². The molecule has 3 heteroatoms. The number of rotatable bonds is 6. The van der Waals surface area contributed by atoms with Crippen molar-refractivity contribution in [3.63, 3.8) is 0 Å². The molecule has 0 aromatic heterocycles. The van der Waals surface area contributed by atoms with Crippen LogP contribution in [0.25, 0.3) is 0 Å². The van der Waals surface area contributed by atoms with Crippen LogP contribution in [-0.2, 0) is 0 Å². The molecule has 3 nitrogen and oxygen atoms in total. The Hall–Kier alpha value is -1.64. The van der Waals surface area contributed by atoms with Crippen LogP contribution in [-0.4, -0.2) is 20.3 Å². The molecule has 88 valence electrons. The van der Waals surface area contributed by atoms with Gasteiger partial charge in [-0.1, -0.05) is 19.6 Å². The summed E-state index contributed by atoms with van der Waals surface area (Å²) in [5.74, 6) is 2.16. The summed E-state index contributed by atoms with van der Waals surface area (Å²) >= 11 is 0. The third kappa shape index (κ3) is 3.19. The predicted octanol–water partition coefficient (Wildman–Crippen LogP) is 3.05. The Balaban J connectivity index is 2.89. The Morgan fingerprint density at radius 1 is 1.12 bits per heavy atom. The Bertz CT molecular complexity index is 325. The zero-order valence-corrected chi connectivity index (χ0v) is 10.0. The van der Waals surface area contributed by atoms with E-state index in [2.05, 4.69) is 6.58 Å². The molecule has 1 unspecified atom stereocenters. The summed E-state index contributed by atoms with van der Waals surface area (Å²) in [6.07, 6.45) is 2.67. The highest BCUT2D eigenvalue weighted by molar-refractivity contribution is 5.42. The Kier molecular flexibility index (Phi) is 4.70. The standard InChI is InChI=1S/C13H18O3/c1-5-10(6-2)16-13-8-11(14-3)7-12(9-13)15-4/h5,7-10H,1,6H2,2-4H3. The van der Waals surface area contributed by atoms with E-state index in [1.54, 1.807) is 20.3 Å². The first kappa shape index (κ1) is 12.4. The topological polar surface area (TPSA) is 27.7 Å². The molecule has 0 bridgehead atoms. The Morgan fingerprint density at radius 2 is 1.62 bits per heavy atom. The van der Waals surface area contributed by atoms with E-state index in [-0.39, 0.29) is 6.10 Å². The highest BCUT2D eigenvalue weighted by Crippen LogP contribution is 2.28. The Morgan fingerprint density at radius 3 is 2.00 bits per heavy atom. The van der Waals surface area contributed by atoms with Gasteiger partial charge in [0, 0.05) is 18.2 Å². The molecule has 0 aliphatic heterocycles. The molecule has 16 heavy (non-hydrogen) atoms. The van der Waals surface area contributed by atoms with Gasteiger partial charge in [0.25, 0.3) is 0 Å². The smallest absolute Gasteiger partial charge is 0.127 e. The molecule has 1 aromatic rings. The van der Waals surface area contributed by atoms with Crippen molar-refractivity contribution in [1.82, 2.24) is 0 Å². The summed E-state index contributed by atoms with van der Waals surface area (Å²) in [7, 11) is 3.23. The van der Waals surface area contributed by atoms with Crippen LogP contribution in [0.3, 0.4) is 0 Å². The summed E-state index contributed by atoms with van der Waals surface area (Å²) in [6, 6.07) is 5.46. The molecular formula is C13H18O3. The van der Waals surface area contributed by atoms with Crippen LogP contribution in [0.5, 0.6) is 17.2 Å². The average Bonchev–Trinajstić information content (AvgIpc) is 2.35. The molecule has 1 aromatic carbocycles. The minimum Gasteiger partial charge on any atom is -0.496 e. The van der Waals surface area contributed by atoms with Crippen molar-refractivity contribution in [2.45, 2.75) is 19.4 Å². The molecule has 0 radical (unpaired) electrons. The number of hydrogen-bond acceptors (Lipinski definition) is 3. The Labute approximate surface area is 96.6 Å². The van der Waals surface area contributed by atoms with E-state index in [1.807, 2.05) is 25.1 Å². The zero-order valence-electron chi connectivity index (χ0n) is 10.0. The van der Waals surface area contributed by atoms with Crippen molar-refractivity contribution in [3.8, 4) is 17.2 Å². The first-order valence-electron chi connectivity index (χ1n) is 5.25. The van der Waals surface area contributed by atoms with Crippen LogP contribution >= 0.6 is 0 Å². The molecule has 0 heterocycles. The quantitative estimate of drug-likeness (QED) is 0.692. The van der Waals surface area contributed by atoms with E-state index in [0.29, 0.717) is 11.5 Å². The molecule has 0 saturated heterocycles. The van der Waals surface area contributed by atoms with E-state index < -0.39 is 0 Å². The largest absolute Gasteiger partial charge is 0.496 e. The van der Waals surface area contributed by atoms with Gasteiger partial charge in [0.05, 0.1) is 14.2 Å². The molecule has 0 saturated carbocycles. The van der Waals surface area contributed by atoms with Crippen LogP contribution in [0.4, 0.5) is 0 Å². The first-order chi connectivity index (χ1) is 7.73. The molecule has 0 N–H and O–H groups in total. The second kappa shape index (κ2) is 6.05. The van der Waals surface area contributed by atoms with Gasteiger partial charge in [0.2, 0.25) is 0 Å². The third-order valence-electron chi connectivity index (χ3n) is 2.28. The van der Waals surface area contributed by atoms with Gasteiger partial charge >= 0.3 is 0 Å². The lowest BCUT2D eigenvalue weighted by atomic mass is 10.2. The van der Waals surface area contributed by atoms with Gasteiger partial charge in [-0.15, -0.1) is 0 Å². The maximum absolute atomic E-state index is 5.72. The van der Waals surface area contributed by atoms with Crippen LogP contribution < -0.4 is 14.2 Å². The molecular weight excluding hydrogens is 204 g/mol. The van der Waals surface area contributed by atoms with Crippen molar-refractivity contribution in [1.29, 1.82) is 0 Å². The van der Waals surface area contributed by atoms with Crippen molar-refractivity contribution in [2.24, 2.45) is 0 Å². The average molecular weight is 222 g/mol. The van der Waals surface area contributed by atoms with Gasteiger partial charge < -0.3 is 14.2 Å². The third-order valence-corrected chi connectivity index (χ3v) is 2.28. The molecule has 0 fully saturated rings. The highest BCUT2D eigenvalue weighted by atomic mass is 16.5. The monoisotopic (exact) mass is 222 g/mol. The van der Waals surface area contributed by atoms with E-state index >= 15 is 0 Å². The fraction of sp³-hybridized carbons (Fsp3) is 0.385. The fourth-order valence-electron chi connectivity index (χ4n) is 1.32. The molecule has 0 amide bonds. The summed E-state index contributed by atoms with van der Waals surface area (Å²) in [6.45, 7) is 5.77. The fourth-order valence-corrected chi connectivity index (χ4v) is 1.32. The lowest BCUT2D eigenvalue weighted by Gasteiger charge is -2.15. The predicted molar refractivity (Wildman–Crippen MR) is 64.5 cm³/mol. The maximum Gasteiger partial charge on any atom is 0.127 e. The van der Waals surface area contributed by atoms with Gasteiger partial charge in [-0.3, -0.25) is 0 Å². The molecule has 1 rings (SSSR count). The zero-order chi connectivity index (χ0) is 12.0. The van der Waals surface area contributed by atoms with E-state index in [4.69, 9.17) is 14.2 Å². The normalized spacial score (nSPS) is 11.7. The number of benzene rings is 1. The second-order valence-electron chi connectivity index (χ2n) is 3.35. The highest BCUT2D eigenvalue weighted by Gasteiger charge is 2.06. The van der Waals surface area contributed by atoms with E-state index in [9.17, 15) is 0 Å². The minimum atomic E-state index is 0.0109. The van der Waals surface area contributed by atoms with Gasteiger partial charge in [-0.2, -0.15) is 0 Å². The minimum absolute atomic E-state index is 0.0109.